The lowest BCUT2D eigenvalue weighted by Gasteiger charge is -2.35. The van der Waals surface area contributed by atoms with E-state index in [1.807, 2.05) is 81.4 Å². The van der Waals surface area contributed by atoms with Gasteiger partial charge in [0.2, 0.25) is 36.9 Å². The average Bonchev–Trinajstić information content (AvgIpc) is 1.52. The number of carbonyl (C=O) groups excluding carboxylic acids is 3. The average molecular weight is 1430 g/mol. The van der Waals surface area contributed by atoms with Gasteiger partial charge in [0.25, 0.3) is 0 Å². The number of carbonyl (C=O) groups is 3. The molecule has 0 aliphatic carbocycles. The van der Waals surface area contributed by atoms with Crippen molar-refractivity contribution in [2.24, 2.45) is 0 Å². The third-order valence-electron chi connectivity index (χ3n) is 18.1. The number of benzene rings is 6. The Morgan fingerprint density at radius 3 is 1.05 bits per heavy atom. The molecule has 3 fully saturated rings. The highest BCUT2D eigenvalue weighted by atomic mass is 19.1. The van der Waals surface area contributed by atoms with Crippen molar-refractivity contribution >= 4 is 121 Å². The number of aromatic amines is 3. The van der Waals surface area contributed by atoms with E-state index in [1.165, 1.54) is 37.2 Å². The highest BCUT2D eigenvalue weighted by Crippen LogP contribution is 2.41. The molecule has 30 heteroatoms. The van der Waals surface area contributed by atoms with Gasteiger partial charge in [-0.1, -0.05) is 6.92 Å². The van der Waals surface area contributed by atoms with E-state index < -0.39 is 17.5 Å². The first-order valence-electron chi connectivity index (χ1n) is 34.2. The van der Waals surface area contributed by atoms with Crippen molar-refractivity contribution in [2.75, 3.05) is 139 Å². The molecule has 15 rings (SSSR count). The number of piperazine rings is 3. The molecule has 3 aliphatic heterocycles. The van der Waals surface area contributed by atoms with Crippen LogP contribution < -0.4 is 66.1 Å². The molecule has 0 spiro atoms. The predicted molar refractivity (Wildman–Crippen MR) is 403 cm³/mol. The Hall–Kier alpha value is -12.5. The first-order chi connectivity index (χ1) is 51.2. The fourth-order valence-corrected chi connectivity index (χ4v) is 12.6. The zero-order valence-electron chi connectivity index (χ0n) is 58.3. The third kappa shape index (κ3) is 16.7. The third-order valence-corrected chi connectivity index (χ3v) is 18.1. The molecule has 0 radical (unpaired) electrons. The van der Waals surface area contributed by atoms with E-state index in [0.717, 1.165) is 136 Å². The van der Waals surface area contributed by atoms with Gasteiger partial charge >= 0.3 is 0 Å². The maximum Gasteiger partial charge on any atom is 0.248 e. The predicted octanol–water partition coefficient (Wildman–Crippen LogP) is 12.8. The lowest BCUT2D eigenvalue weighted by molar-refractivity contribution is -0.106. The van der Waals surface area contributed by atoms with Crippen molar-refractivity contribution in [3.63, 3.8) is 0 Å². The maximum absolute atomic E-state index is 15.1. The monoisotopic (exact) mass is 1430 g/mol. The Morgan fingerprint density at radius 2 is 0.733 bits per heavy atom. The molecule has 0 saturated carbocycles. The van der Waals surface area contributed by atoms with Crippen molar-refractivity contribution in [3.05, 3.63) is 181 Å². The van der Waals surface area contributed by atoms with Gasteiger partial charge < -0.3 is 90.9 Å². The van der Waals surface area contributed by atoms with E-state index in [4.69, 9.17) is 14.2 Å². The first-order valence-corrected chi connectivity index (χ1v) is 34.2. The summed E-state index contributed by atoms with van der Waals surface area (Å²) in [5.41, 5.74) is 10.9. The van der Waals surface area contributed by atoms with Gasteiger partial charge in [-0.2, -0.15) is 15.0 Å². The Balaban J connectivity index is 0.000000140. The molecule has 0 unspecified atom stereocenters. The number of aryl methyl sites for hydroxylation is 3. The summed E-state index contributed by atoms with van der Waals surface area (Å²) >= 11 is 0. The molecule has 540 valence electrons. The number of ether oxygens (including phenoxy) is 3. The number of anilines is 12. The summed E-state index contributed by atoms with van der Waals surface area (Å²) in [7, 11) is 2.13. The number of likely N-dealkylation sites (N-methyl/N-ethyl adjacent to an activating group) is 2. The minimum atomic E-state index is -0.518. The molecule has 105 heavy (non-hydrogen) atoms. The molecular weight excluding hydrogens is 1350 g/mol. The van der Waals surface area contributed by atoms with Crippen LogP contribution in [0.4, 0.5) is 81.8 Å². The molecule has 3 amide bonds. The van der Waals surface area contributed by atoms with Gasteiger partial charge in [0.05, 0.1) is 0 Å². The fourth-order valence-electron chi connectivity index (χ4n) is 12.6. The normalized spacial score (nSPS) is 14.0. The van der Waals surface area contributed by atoms with Gasteiger partial charge in [0, 0.05) is 162 Å². The van der Waals surface area contributed by atoms with E-state index in [-0.39, 0.29) is 52.0 Å². The number of hydrogen-bond acceptors (Lipinski definition) is 21. The van der Waals surface area contributed by atoms with E-state index in [9.17, 15) is 14.4 Å². The maximum atomic E-state index is 15.1. The number of amides is 3. The summed E-state index contributed by atoms with van der Waals surface area (Å²) in [6, 6.07) is 38.8. The standard InChI is InChI=1S/C26H28FN7O2.C25H26FN7O2.C24H24FN7O2/c1-3-33-10-12-34(13-11-33)19-6-4-18(5-7-19)32-25-24(30-16-35)26(29-15-28-25)36-22-9-8-21-20(23(22)27)14-17(2)31-21;1-16-13-19-20(30-16)7-8-21(22(19)26)35-25-23(29-15-34)24(27-14-28-25)31-17-3-5-18(6-4-17)33-11-9-32(2)10-12-33;1-15-12-18-19(30-15)6-7-20(21(18)25)34-24-22(29-14-33)23(27-13-28-24)31-16-2-4-17(5-3-16)32-10-8-26-9-11-32/h4-9,14-16,31H,3,10-13H2,1-2H3,(H,30,35)(H,28,29,32);3-8,13-15,30H,9-12H2,1-2H3,(H,29,34)(H,27,28,31);2-7,12-14,26,30H,8-11H2,1H3,(H,29,33)(H,27,28,31). The lowest BCUT2D eigenvalue weighted by atomic mass is 10.2. The van der Waals surface area contributed by atoms with Crippen LogP contribution in [-0.4, -0.2) is 166 Å². The largest absolute Gasteiger partial charge is 0.434 e. The number of fused-ring (bicyclic) bond motifs is 3. The van der Waals surface area contributed by atoms with Crippen molar-refractivity contribution in [1.82, 2.24) is 60.0 Å². The minimum absolute atomic E-state index is 0.00683. The van der Waals surface area contributed by atoms with Crippen LogP contribution in [0.25, 0.3) is 32.7 Å². The molecule has 9 heterocycles. The molecule has 6 aromatic heterocycles. The van der Waals surface area contributed by atoms with E-state index in [2.05, 4.69) is 133 Å². The van der Waals surface area contributed by atoms with E-state index in [0.29, 0.717) is 69.4 Å². The highest BCUT2D eigenvalue weighted by Gasteiger charge is 2.24. The lowest BCUT2D eigenvalue weighted by Crippen LogP contribution is -2.46. The zero-order chi connectivity index (χ0) is 72.9. The summed E-state index contributed by atoms with van der Waals surface area (Å²) in [6.07, 6.45) is 5.39. The topological polar surface area (TPSA) is 304 Å². The quantitative estimate of drug-likeness (QED) is 0.0282. The number of rotatable bonds is 22. The number of hydrogen-bond donors (Lipinski definition) is 10. The van der Waals surface area contributed by atoms with Crippen LogP contribution in [0.3, 0.4) is 0 Å². The number of nitrogens with one attached hydrogen (secondary N) is 10. The molecule has 0 bridgehead atoms. The Bertz CT molecular complexity index is 5020. The Kier molecular flexibility index (Phi) is 22.0. The summed E-state index contributed by atoms with van der Waals surface area (Å²) < 4.78 is 62.5. The number of nitrogens with zero attached hydrogens (tertiary/aromatic N) is 11. The molecule has 6 aromatic carbocycles. The van der Waals surface area contributed by atoms with Crippen molar-refractivity contribution in [3.8, 4) is 34.9 Å². The second-order valence-corrected chi connectivity index (χ2v) is 25.1. The fraction of sp³-hybridized carbons (Fsp3) is 0.240. The van der Waals surface area contributed by atoms with Gasteiger partial charge in [0.15, 0.2) is 52.2 Å². The smallest absolute Gasteiger partial charge is 0.248 e. The van der Waals surface area contributed by atoms with Crippen molar-refractivity contribution < 1.29 is 41.8 Å². The molecule has 10 N–H and O–H groups in total. The Morgan fingerprint density at radius 1 is 0.419 bits per heavy atom. The summed E-state index contributed by atoms with van der Waals surface area (Å²) in [5.74, 6) is -0.527. The number of halogens is 3. The summed E-state index contributed by atoms with van der Waals surface area (Å²) in [5, 5.41) is 21.9. The van der Waals surface area contributed by atoms with Crippen molar-refractivity contribution in [2.45, 2.75) is 27.7 Å². The van der Waals surface area contributed by atoms with Gasteiger partial charge in [-0.25, -0.2) is 28.1 Å². The summed E-state index contributed by atoms with van der Waals surface area (Å²) in [4.78, 5) is 80.2. The van der Waals surface area contributed by atoms with Crippen LogP contribution in [0.1, 0.15) is 24.0 Å². The molecule has 3 aliphatic rings. The SMILES string of the molecule is CCN1CCN(c2ccc(Nc3ncnc(Oc4ccc5[nH]c(C)cc5c4F)c3NC=O)cc2)CC1.Cc1cc2c(F)c(Oc3ncnc(Nc4ccc(N5CCN(C)CC5)cc4)c3NC=O)ccc2[nH]1.Cc1cc2c(F)c(Oc3ncnc(Nc4ccc(N5CCNCC5)cc4)c3NC=O)ccc2[nH]1. The highest BCUT2D eigenvalue weighted by molar-refractivity contribution is 5.89. The van der Waals surface area contributed by atoms with Gasteiger partial charge in [0.1, 0.15) is 36.0 Å². The minimum Gasteiger partial charge on any atom is -0.434 e. The molecule has 0 atom stereocenters. The summed E-state index contributed by atoms with van der Waals surface area (Å²) in [6.45, 7) is 20.8. The molecule has 12 aromatic rings. The van der Waals surface area contributed by atoms with E-state index in [1.54, 1.807) is 36.4 Å². The van der Waals surface area contributed by atoms with Gasteiger partial charge in [-0.3, -0.25) is 14.4 Å². The molecule has 3 saturated heterocycles. The number of aromatic nitrogens is 9. The zero-order valence-corrected chi connectivity index (χ0v) is 58.3. The van der Waals surface area contributed by atoms with Crippen LogP contribution in [0.5, 0.6) is 34.9 Å². The van der Waals surface area contributed by atoms with Crippen LogP contribution in [0, 0.1) is 38.2 Å². The van der Waals surface area contributed by atoms with Gasteiger partial charge in [-0.15, -0.1) is 0 Å². The molecular formula is C75H78F3N21O6. The van der Waals surface area contributed by atoms with Crippen LogP contribution >= 0.6 is 0 Å². The Labute approximate surface area is 602 Å². The van der Waals surface area contributed by atoms with E-state index >= 15 is 13.2 Å². The molecule has 27 nitrogen and oxygen atoms in total. The second kappa shape index (κ2) is 32.6. The first kappa shape index (κ1) is 70.9. The second-order valence-electron chi connectivity index (χ2n) is 25.1. The van der Waals surface area contributed by atoms with Crippen LogP contribution in [0.2, 0.25) is 0 Å². The number of H-pyrrole nitrogens is 3. The van der Waals surface area contributed by atoms with Crippen molar-refractivity contribution in [1.29, 1.82) is 0 Å². The van der Waals surface area contributed by atoms with Crippen LogP contribution in [0.15, 0.2) is 146 Å². The van der Waals surface area contributed by atoms with Crippen LogP contribution in [-0.2, 0) is 14.4 Å². The van der Waals surface area contributed by atoms with Gasteiger partial charge in [-0.05, 0) is 162 Å².